The normalized spacial score (nSPS) is 23.0. The summed E-state index contributed by atoms with van der Waals surface area (Å²) >= 11 is 0. The van der Waals surface area contributed by atoms with E-state index < -0.39 is 0 Å². The third-order valence-corrected chi connectivity index (χ3v) is 5.14. The zero-order valence-electron chi connectivity index (χ0n) is 13.3. The van der Waals surface area contributed by atoms with E-state index in [-0.39, 0.29) is 5.54 Å². The average molecular weight is 254 g/mol. The zero-order chi connectivity index (χ0) is 13.8. The molecule has 1 unspecified atom stereocenters. The van der Waals surface area contributed by atoms with Crippen molar-refractivity contribution in [3.63, 3.8) is 0 Å². The molecule has 0 saturated carbocycles. The highest BCUT2D eigenvalue weighted by Gasteiger charge is 2.37. The van der Waals surface area contributed by atoms with Gasteiger partial charge in [0.2, 0.25) is 0 Å². The molecule has 0 spiro atoms. The molecule has 1 fully saturated rings. The highest BCUT2D eigenvalue weighted by atomic mass is 15.2. The molecule has 108 valence electrons. The van der Waals surface area contributed by atoms with Gasteiger partial charge in [0.25, 0.3) is 0 Å². The molecule has 2 N–H and O–H groups in total. The molecule has 1 atom stereocenters. The molecular formula is C16H34N2. The maximum atomic E-state index is 6.11. The van der Waals surface area contributed by atoms with Gasteiger partial charge >= 0.3 is 0 Å². The van der Waals surface area contributed by atoms with Gasteiger partial charge in [-0.3, -0.25) is 4.90 Å². The molecule has 0 aromatic carbocycles. The van der Waals surface area contributed by atoms with Crippen molar-refractivity contribution in [1.82, 2.24) is 4.90 Å². The van der Waals surface area contributed by atoms with Crippen LogP contribution in [-0.2, 0) is 0 Å². The fraction of sp³-hybridized carbons (Fsp3) is 1.00. The van der Waals surface area contributed by atoms with Gasteiger partial charge in [-0.05, 0) is 50.1 Å². The quantitative estimate of drug-likeness (QED) is 0.811. The van der Waals surface area contributed by atoms with Crippen molar-refractivity contribution in [3.05, 3.63) is 0 Å². The first-order chi connectivity index (χ1) is 8.39. The van der Waals surface area contributed by atoms with E-state index in [0.717, 1.165) is 12.5 Å². The number of nitrogens with two attached hydrogens (primary N) is 1. The van der Waals surface area contributed by atoms with Gasteiger partial charge in [-0.25, -0.2) is 0 Å². The van der Waals surface area contributed by atoms with Gasteiger partial charge in [0.1, 0.15) is 0 Å². The van der Waals surface area contributed by atoms with Crippen molar-refractivity contribution in [2.24, 2.45) is 17.1 Å². The fourth-order valence-corrected chi connectivity index (χ4v) is 3.62. The van der Waals surface area contributed by atoms with Crippen molar-refractivity contribution in [3.8, 4) is 0 Å². The van der Waals surface area contributed by atoms with Gasteiger partial charge in [0.15, 0.2) is 0 Å². The van der Waals surface area contributed by atoms with Crippen molar-refractivity contribution in [2.45, 2.75) is 72.3 Å². The molecule has 1 rings (SSSR count). The number of hydrogen-bond donors (Lipinski definition) is 1. The van der Waals surface area contributed by atoms with Gasteiger partial charge in [0.05, 0.1) is 0 Å². The maximum Gasteiger partial charge on any atom is 0.0329 e. The van der Waals surface area contributed by atoms with Crippen LogP contribution in [0.5, 0.6) is 0 Å². The Morgan fingerprint density at radius 2 is 1.67 bits per heavy atom. The Morgan fingerprint density at radius 1 is 1.11 bits per heavy atom. The first-order valence-electron chi connectivity index (χ1n) is 7.84. The molecule has 0 aliphatic carbocycles. The largest absolute Gasteiger partial charge is 0.329 e. The number of piperidine rings is 1. The van der Waals surface area contributed by atoms with E-state index in [0.29, 0.717) is 5.41 Å². The summed E-state index contributed by atoms with van der Waals surface area (Å²) in [4.78, 5) is 2.69. The maximum absolute atomic E-state index is 6.11. The highest BCUT2D eigenvalue weighted by Crippen LogP contribution is 2.37. The Balaban J connectivity index is 2.65. The molecular weight excluding hydrogens is 220 g/mol. The molecule has 0 aromatic heterocycles. The first kappa shape index (κ1) is 16.0. The van der Waals surface area contributed by atoms with E-state index in [2.05, 4.69) is 39.5 Å². The third-order valence-electron chi connectivity index (χ3n) is 5.14. The van der Waals surface area contributed by atoms with Crippen LogP contribution < -0.4 is 5.73 Å². The van der Waals surface area contributed by atoms with Gasteiger partial charge in [-0.2, -0.15) is 0 Å². The molecule has 0 aromatic rings. The van der Waals surface area contributed by atoms with E-state index in [4.69, 9.17) is 5.73 Å². The number of hydrogen-bond acceptors (Lipinski definition) is 2. The summed E-state index contributed by atoms with van der Waals surface area (Å²) in [5, 5.41) is 0. The topological polar surface area (TPSA) is 29.3 Å². The molecule has 2 heteroatoms. The van der Waals surface area contributed by atoms with E-state index >= 15 is 0 Å². The lowest BCUT2D eigenvalue weighted by Gasteiger charge is -2.48. The van der Waals surface area contributed by atoms with Gasteiger partial charge < -0.3 is 5.73 Å². The molecule has 1 saturated heterocycles. The summed E-state index contributed by atoms with van der Waals surface area (Å²) in [7, 11) is 0. The van der Waals surface area contributed by atoms with Crippen LogP contribution in [-0.4, -0.2) is 30.1 Å². The van der Waals surface area contributed by atoms with Crippen molar-refractivity contribution in [1.29, 1.82) is 0 Å². The highest BCUT2D eigenvalue weighted by molar-refractivity contribution is 4.93. The summed E-state index contributed by atoms with van der Waals surface area (Å²) in [5.74, 6) is 0.878. The predicted molar refractivity (Wildman–Crippen MR) is 80.7 cm³/mol. The molecule has 0 bridgehead atoms. The second-order valence-electron chi connectivity index (χ2n) is 7.16. The Labute approximate surface area is 114 Å². The summed E-state index contributed by atoms with van der Waals surface area (Å²) in [6.45, 7) is 15.0. The SMILES string of the molecule is CCCC(CC)(CN)N1CCC(C(C)(C)C)CC1. The predicted octanol–water partition coefficient (Wildman–Crippen LogP) is 3.65. The second-order valence-corrected chi connectivity index (χ2v) is 7.16. The number of rotatable bonds is 5. The summed E-state index contributed by atoms with van der Waals surface area (Å²) < 4.78 is 0. The average Bonchev–Trinajstić information content (AvgIpc) is 2.35. The Bertz CT molecular complexity index is 230. The van der Waals surface area contributed by atoms with Crippen LogP contribution in [0.2, 0.25) is 0 Å². The Hall–Kier alpha value is -0.0800. The molecule has 0 amide bonds. The van der Waals surface area contributed by atoms with Crippen molar-refractivity contribution in [2.75, 3.05) is 19.6 Å². The van der Waals surface area contributed by atoms with Gasteiger partial charge in [-0.1, -0.05) is 41.0 Å². The van der Waals surface area contributed by atoms with Crippen LogP contribution in [0.4, 0.5) is 0 Å². The minimum absolute atomic E-state index is 0.275. The van der Waals surface area contributed by atoms with Crippen molar-refractivity contribution < 1.29 is 0 Å². The third kappa shape index (κ3) is 3.48. The second kappa shape index (κ2) is 6.38. The summed E-state index contributed by atoms with van der Waals surface area (Å²) in [6, 6.07) is 0. The molecule has 1 aliphatic heterocycles. The number of nitrogens with zero attached hydrogens (tertiary/aromatic N) is 1. The molecule has 1 heterocycles. The Morgan fingerprint density at radius 3 is 2.00 bits per heavy atom. The monoisotopic (exact) mass is 254 g/mol. The number of likely N-dealkylation sites (tertiary alicyclic amines) is 1. The standard InChI is InChI=1S/C16H34N2/c1-6-10-16(7-2,13-17)18-11-8-14(9-12-18)15(3,4)5/h14H,6-13,17H2,1-5H3. The van der Waals surface area contributed by atoms with Crippen LogP contribution in [0.25, 0.3) is 0 Å². The van der Waals surface area contributed by atoms with E-state index in [1.807, 2.05) is 0 Å². The molecule has 18 heavy (non-hydrogen) atoms. The summed E-state index contributed by atoms with van der Waals surface area (Å²) in [6.07, 6.45) is 6.37. The lowest BCUT2D eigenvalue weighted by Crippen LogP contribution is -2.56. The van der Waals surface area contributed by atoms with E-state index in [1.54, 1.807) is 0 Å². The van der Waals surface area contributed by atoms with E-state index in [9.17, 15) is 0 Å². The Kier molecular flexibility index (Phi) is 5.67. The lowest BCUT2D eigenvalue weighted by molar-refractivity contribution is 0.0215. The van der Waals surface area contributed by atoms with Crippen LogP contribution in [0.1, 0.15) is 66.7 Å². The molecule has 2 nitrogen and oxygen atoms in total. The fourth-order valence-electron chi connectivity index (χ4n) is 3.62. The lowest BCUT2D eigenvalue weighted by atomic mass is 9.74. The van der Waals surface area contributed by atoms with Gasteiger partial charge in [0, 0.05) is 12.1 Å². The van der Waals surface area contributed by atoms with E-state index in [1.165, 1.54) is 45.2 Å². The van der Waals surface area contributed by atoms with Crippen LogP contribution in [0.3, 0.4) is 0 Å². The first-order valence-corrected chi connectivity index (χ1v) is 7.84. The molecule has 1 aliphatic rings. The van der Waals surface area contributed by atoms with Crippen LogP contribution in [0, 0.1) is 11.3 Å². The smallest absolute Gasteiger partial charge is 0.0329 e. The molecule has 0 radical (unpaired) electrons. The summed E-state index contributed by atoms with van der Waals surface area (Å²) in [5.41, 5.74) is 6.86. The van der Waals surface area contributed by atoms with Crippen LogP contribution >= 0.6 is 0 Å². The van der Waals surface area contributed by atoms with Crippen LogP contribution in [0.15, 0.2) is 0 Å². The minimum atomic E-state index is 0.275. The van der Waals surface area contributed by atoms with Crippen molar-refractivity contribution >= 4 is 0 Å². The zero-order valence-corrected chi connectivity index (χ0v) is 13.3. The van der Waals surface area contributed by atoms with Gasteiger partial charge in [-0.15, -0.1) is 0 Å². The minimum Gasteiger partial charge on any atom is -0.329 e.